The number of nitrogens with one attached hydrogen (secondary N) is 2. The molecule has 0 aliphatic rings. The highest BCUT2D eigenvalue weighted by atomic mass is 35.5. The summed E-state index contributed by atoms with van der Waals surface area (Å²) in [6, 6.07) is 10.6. The molecule has 0 spiro atoms. The second kappa shape index (κ2) is 10.8. The molecule has 2 rings (SSSR count). The zero-order chi connectivity index (χ0) is 22.1. The van der Waals surface area contributed by atoms with Gasteiger partial charge in [-0.05, 0) is 43.3 Å². The summed E-state index contributed by atoms with van der Waals surface area (Å²) >= 11 is 5.77. The third-order valence-corrected chi connectivity index (χ3v) is 3.90. The number of carbonyl (C=O) groups is 2. The van der Waals surface area contributed by atoms with Gasteiger partial charge in [0.25, 0.3) is 11.6 Å². The van der Waals surface area contributed by atoms with E-state index in [0.717, 1.165) is 0 Å². The molecule has 2 aromatic rings. The van der Waals surface area contributed by atoms with E-state index in [-0.39, 0.29) is 24.4 Å². The zero-order valence-electron chi connectivity index (χ0n) is 16.2. The number of hydrazone groups is 1. The van der Waals surface area contributed by atoms with Gasteiger partial charge in [-0.3, -0.25) is 19.7 Å². The summed E-state index contributed by atoms with van der Waals surface area (Å²) in [5, 5.41) is 18.0. The summed E-state index contributed by atoms with van der Waals surface area (Å²) in [5.74, 6) is -0.289. The van der Waals surface area contributed by atoms with Crippen LogP contribution < -0.4 is 20.2 Å². The molecule has 0 aromatic heterocycles. The number of methoxy groups -OCH3 is 1. The van der Waals surface area contributed by atoms with Gasteiger partial charge >= 0.3 is 0 Å². The van der Waals surface area contributed by atoms with Crippen LogP contribution in [0.1, 0.15) is 13.3 Å². The molecule has 0 saturated heterocycles. The van der Waals surface area contributed by atoms with E-state index >= 15 is 0 Å². The minimum atomic E-state index is -0.625. The van der Waals surface area contributed by atoms with E-state index in [1.54, 1.807) is 24.3 Å². The third kappa shape index (κ3) is 7.06. The maximum Gasteiger partial charge on any atom is 0.296 e. The van der Waals surface area contributed by atoms with Crippen molar-refractivity contribution in [1.82, 2.24) is 5.43 Å². The van der Waals surface area contributed by atoms with Crippen molar-refractivity contribution in [3.63, 3.8) is 0 Å². The minimum Gasteiger partial charge on any atom is -0.496 e. The molecule has 0 fully saturated rings. The Bertz CT molecular complexity index is 962. The Labute approximate surface area is 177 Å². The van der Waals surface area contributed by atoms with Crippen molar-refractivity contribution in [2.45, 2.75) is 13.3 Å². The summed E-state index contributed by atoms with van der Waals surface area (Å²) in [7, 11) is 1.38. The van der Waals surface area contributed by atoms with E-state index in [0.29, 0.717) is 22.2 Å². The van der Waals surface area contributed by atoms with E-state index < -0.39 is 16.7 Å². The number of ether oxygens (including phenoxy) is 2. The average Bonchev–Trinajstić information content (AvgIpc) is 2.71. The predicted octanol–water partition coefficient (Wildman–Crippen LogP) is 3.16. The largest absolute Gasteiger partial charge is 0.496 e. The van der Waals surface area contributed by atoms with E-state index in [1.165, 1.54) is 32.2 Å². The highest BCUT2D eigenvalue weighted by Crippen LogP contribution is 2.29. The lowest BCUT2D eigenvalue weighted by atomic mass is 10.2. The van der Waals surface area contributed by atoms with E-state index in [9.17, 15) is 19.7 Å². The van der Waals surface area contributed by atoms with Crippen molar-refractivity contribution >= 4 is 40.5 Å². The lowest BCUT2D eigenvalue weighted by Crippen LogP contribution is -2.26. The molecule has 0 aliphatic carbocycles. The standard InChI is InChI=1S/C19H19ClN4O6/c1-12(22-23-19(26)11-30-14-5-3-13(20)4-6-14)9-18(25)21-16-8-7-15(29-2)10-17(16)24(27)28/h3-8,10H,9,11H2,1-2H3,(H,21,25)(H,23,26). The van der Waals surface area contributed by atoms with E-state index in [1.807, 2.05) is 0 Å². The molecule has 11 heteroatoms. The summed E-state index contributed by atoms with van der Waals surface area (Å²) in [6.07, 6.45) is -0.179. The van der Waals surface area contributed by atoms with Gasteiger partial charge in [0, 0.05) is 10.7 Å². The van der Waals surface area contributed by atoms with Gasteiger partial charge in [-0.1, -0.05) is 11.6 Å². The minimum absolute atomic E-state index is 0.0269. The summed E-state index contributed by atoms with van der Waals surface area (Å²) in [5.41, 5.74) is 2.29. The summed E-state index contributed by atoms with van der Waals surface area (Å²) in [6.45, 7) is 1.25. The Balaban J connectivity index is 1.86. The first kappa shape index (κ1) is 22.6. The molecule has 0 radical (unpaired) electrons. The number of rotatable bonds is 9. The fraction of sp³-hybridized carbons (Fsp3) is 0.211. The van der Waals surface area contributed by atoms with Crippen LogP contribution in [0.5, 0.6) is 11.5 Å². The van der Waals surface area contributed by atoms with Gasteiger partial charge < -0.3 is 14.8 Å². The summed E-state index contributed by atoms with van der Waals surface area (Å²) in [4.78, 5) is 34.5. The number of hydrogen-bond acceptors (Lipinski definition) is 7. The number of amides is 2. The SMILES string of the molecule is COc1ccc(NC(=O)CC(C)=NNC(=O)COc2ccc(Cl)cc2)c([N+](=O)[O-])c1. The van der Waals surface area contributed by atoms with Crippen molar-refractivity contribution in [3.05, 3.63) is 57.6 Å². The number of halogens is 1. The number of nitro groups is 1. The van der Waals surface area contributed by atoms with Crippen LogP contribution in [0.2, 0.25) is 5.02 Å². The van der Waals surface area contributed by atoms with E-state index in [2.05, 4.69) is 15.8 Å². The number of hydrogen-bond donors (Lipinski definition) is 2. The van der Waals surface area contributed by atoms with Gasteiger partial charge in [0.1, 0.15) is 17.2 Å². The van der Waals surface area contributed by atoms with Gasteiger partial charge in [-0.25, -0.2) is 5.43 Å². The predicted molar refractivity (Wildman–Crippen MR) is 111 cm³/mol. The van der Waals surface area contributed by atoms with Crippen LogP contribution in [0.25, 0.3) is 0 Å². The maximum atomic E-state index is 12.1. The number of carbonyl (C=O) groups excluding carboxylic acids is 2. The molecule has 0 aliphatic heterocycles. The lowest BCUT2D eigenvalue weighted by Gasteiger charge is -2.08. The van der Waals surface area contributed by atoms with Gasteiger partial charge in [0.05, 0.1) is 24.5 Å². The molecule has 158 valence electrons. The number of nitrogens with zero attached hydrogens (tertiary/aromatic N) is 2. The second-order valence-electron chi connectivity index (χ2n) is 5.99. The lowest BCUT2D eigenvalue weighted by molar-refractivity contribution is -0.384. The molecule has 0 atom stereocenters. The molecule has 0 heterocycles. The molecular formula is C19H19ClN4O6. The van der Waals surface area contributed by atoms with E-state index in [4.69, 9.17) is 21.1 Å². The summed E-state index contributed by atoms with van der Waals surface area (Å²) < 4.78 is 10.2. The Kier molecular flexibility index (Phi) is 8.12. The van der Waals surface area contributed by atoms with Crippen molar-refractivity contribution in [1.29, 1.82) is 0 Å². The van der Waals surface area contributed by atoms with Gasteiger partial charge in [-0.15, -0.1) is 0 Å². The average molecular weight is 435 g/mol. The van der Waals surface area contributed by atoms with Crippen molar-refractivity contribution < 1.29 is 24.0 Å². The van der Waals surface area contributed by atoms with Crippen LogP contribution >= 0.6 is 11.6 Å². The van der Waals surface area contributed by atoms with Crippen LogP contribution in [0, 0.1) is 10.1 Å². The smallest absolute Gasteiger partial charge is 0.296 e. The van der Waals surface area contributed by atoms with Crippen LogP contribution in [0.4, 0.5) is 11.4 Å². The quantitative estimate of drug-likeness (QED) is 0.354. The number of nitro benzene ring substituents is 1. The van der Waals surface area contributed by atoms with Gasteiger partial charge in [0.15, 0.2) is 6.61 Å². The first-order valence-electron chi connectivity index (χ1n) is 8.61. The topological polar surface area (TPSA) is 132 Å². The van der Waals surface area contributed by atoms with Crippen LogP contribution in [-0.4, -0.2) is 36.2 Å². The van der Waals surface area contributed by atoms with Crippen molar-refractivity contribution in [3.8, 4) is 11.5 Å². The van der Waals surface area contributed by atoms with Crippen molar-refractivity contribution in [2.24, 2.45) is 5.10 Å². The van der Waals surface area contributed by atoms with Crippen LogP contribution in [-0.2, 0) is 9.59 Å². The first-order valence-corrected chi connectivity index (χ1v) is 8.99. The molecule has 0 bridgehead atoms. The molecule has 10 nitrogen and oxygen atoms in total. The zero-order valence-corrected chi connectivity index (χ0v) is 16.9. The maximum absolute atomic E-state index is 12.1. The van der Waals surface area contributed by atoms with Gasteiger partial charge in [0.2, 0.25) is 5.91 Å². The highest BCUT2D eigenvalue weighted by Gasteiger charge is 2.17. The molecule has 0 unspecified atom stereocenters. The fourth-order valence-corrected chi connectivity index (χ4v) is 2.36. The Morgan fingerprint density at radius 1 is 1.13 bits per heavy atom. The fourth-order valence-electron chi connectivity index (χ4n) is 2.23. The third-order valence-electron chi connectivity index (χ3n) is 3.65. The molecule has 2 amide bonds. The molecular weight excluding hydrogens is 416 g/mol. The Morgan fingerprint density at radius 2 is 1.80 bits per heavy atom. The normalized spacial score (nSPS) is 10.8. The monoisotopic (exact) mass is 434 g/mol. The molecule has 2 N–H and O–H groups in total. The first-order chi connectivity index (χ1) is 14.3. The number of anilines is 1. The molecule has 30 heavy (non-hydrogen) atoms. The molecule has 2 aromatic carbocycles. The molecule has 0 saturated carbocycles. The van der Waals surface area contributed by atoms with Crippen LogP contribution in [0.3, 0.4) is 0 Å². The Morgan fingerprint density at radius 3 is 2.43 bits per heavy atom. The second-order valence-corrected chi connectivity index (χ2v) is 6.43. The van der Waals surface area contributed by atoms with Gasteiger partial charge in [-0.2, -0.15) is 5.10 Å². The Hall–Kier alpha value is -3.66. The highest BCUT2D eigenvalue weighted by molar-refractivity contribution is 6.30. The number of benzene rings is 2. The van der Waals surface area contributed by atoms with Crippen LogP contribution in [0.15, 0.2) is 47.6 Å². The van der Waals surface area contributed by atoms with Crippen molar-refractivity contribution in [2.75, 3.05) is 19.0 Å².